The van der Waals surface area contributed by atoms with E-state index in [1.54, 1.807) is 22.5 Å². The minimum atomic E-state index is -0.407. The molecule has 0 saturated carbocycles. The third-order valence-electron chi connectivity index (χ3n) is 3.10. The fourth-order valence-electron chi connectivity index (χ4n) is 2.13. The van der Waals surface area contributed by atoms with E-state index >= 15 is 0 Å². The second-order valence-corrected chi connectivity index (χ2v) is 7.55. The molecule has 0 bridgehead atoms. The number of esters is 1. The van der Waals surface area contributed by atoms with Crippen LogP contribution in [0.1, 0.15) is 16.8 Å². The fourth-order valence-corrected chi connectivity index (χ4v) is 4.96. The second-order valence-electron chi connectivity index (χ2n) is 4.31. The molecule has 0 aromatic carbocycles. The van der Waals surface area contributed by atoms with E-state index in [1.165, 1.54) is 41.5 Å². The lowest BCUT2D eigenvalue weighted by Gasteiger charge is -2.15. The number of amides is 1. The predicted molar refractivity (Wildman–Crippen MR) is 84.4 cm³/mol. The number of anilines is 1. The lowest BCUT2D eigenvalue weighted by atomic mass is 10.3. The van der Waals surface area contributed by atoms with Gasteiger partial charge in [0.05, 0.1) is 17.9 Å². The number of thiophene rings is 1. The SMILES string of the molecule is COC(=O)c1ccsc1N1CCC(Sc2nccs2)C1=O. The van der Waals surface area contributed by atoms with Gasteiger partial charge in [-0.05, 0) is 17.9 Å². The van der Waals surface area contributed by atoms with Crippen molar-refractivity contribution in [2.45, 2.75) is 16.0 Å². The molecule has 8 heteroatoms. The van der Waals surface area contributed by atoms with E-state index in [0.717, 1.165) is 10.8 Å². The lowest BCUT2D eigenvalue weighted by Crippen LogP contribution is -2.28. The second kappa shape index (κ2) is 6.17. The summed E-state index contributed by atoms with van der Waals surface area (Å²) in [6, 6.07) is 1.69. The lowest BCUT2D eigenvalue weighted by molar-refractivity contribution is -0.116. The Bertz CT molecular complexity index is 653. The third-order valence-corrected chi connectivity index (χ3v) is 6.21. The topological polar surface area (TPSA) is 59.5 Å². The number of carbonyl (C=O) groups is 2. The van der Waals surface area contributed by atoms with Crippen LogP contribution in [0.3, 0.4) is 0 Å². The van der Waals surface area contributed by atoms with Crippen LogP contribution in [0.5, 0.6) is 0 Å². The van der Waals surface area contributed by atoms with Crippen molar-refractivity contribution in [3.05, 3.63) is 28.6 Å². The Balaban J connectivity index is 1.78. The summed E-state index contributed by atoms with van der Waals surface area (Å²) in [5.41, 5.74) is 0.454. The summed E-state index contributed by atoms with van der Waals surface area (Å²) in [4.78, 5) is 30.1. The number of thiazole rings is 1. The molecule has 0 N–H and O–H groups in total. The molecule has 1 unspecified atom stereocenters. The molecule has 21 heavy (non-hydrogen) atoms. The summed E-state index contributed by atoms with van der Waals surface area (Å²) in [5.74, 6) is -0.377. The van der Waals surface area contributed by atoms with Crippen LogP contribution >= 0.6 is 34.4 Å². The smallest absolute Gasteiger partial charge is 0.340 e. The van der Waals surface area contributed by atoms with E-state index in [0.29, 0.717) is 17.1 Å². The standard InChI is InChI=1S/C13H12N2O3S3/c1-18-12(17)8-3-6-19-11(8)15-5-2-9(10(15)16)21-13-14-4-7-20-13/h3-4,6-7,9H,2,5H2,1H3. The molecule has 1 aliphatic rings. The monoisotopic (exact) mass is 340 g/mol. The van der Waals surface area contributed by atoms with Gasteiger partial charge in [0.1, 0.15) is 5.00 Å². The van der Waals surface area contributed by atoms with Gasteiger partial charge in [0.2, 0.25) is 5.91 Å². The molecule has 5 nitrogen and oxygen atoms in total. The number of aromatic nitrogens is 1. The van der Waals surface area contributed by atoms with Gasteiger partial charge in [0.15, 0.2) is 4.34 Å². The maximum absolute atomic E-state index is 12.5. The molecule has 1 fully saturated rings. The molecule has 1 amide bonds. The van der Waals surface area contributed by atoms with Gasteiger partial charge < -0.3 is 9.64 Å². The van der Waals surface area contributed by atoms with Crippen molar-refractivity contribution < 1.29 is 14.3 Å². The molecule has 1 atom stereocenters. The highest BCUT2D eigenvalue weighted by atomic mass is 32.2. The molecule has 110 valence electrons. The number of methoxy groups -OCH3 is 1. The van der Waals surface area contributed by atoms with Gasteiger partial charge in [-0.3, -0.25) is 4.79 Å². The predicted octanol–water partition coefficient (Wildman–Crippen LogP) is 2.89. The number of thioether (sulfide) groups is 1. The largest absolute Gasteiger partial charge is 0.465 e. The van der Waals surface area contributed by atoms with Crippen LogP contribution in [-0.2, 0) is 9.53 Å². The normalized spacial score (nSPS) is 18.2. The summed E-state index contributed by atoms with van der Waals surface area (Å²) >= 11 is 4.41. The van der Waals surface area contributed by atoms with E-state index in [-0.39, 0.29) is 11.2 Å². The fraction of sp³-hybridized carbons (Fsp3) is 0.308. The first kappa shape index (κ1) is 14.6. The van der Waals surface area contributed by atoms with Crippen LogP contribution in [0.25, 0.3) is 0 Å². The summed E-state index contributed by atoms with van der Waals surface area (Å²) in [7, 11) is 1.34. The molecule has 1 saturated heterocycles. The van der Waals surface area contributed by atoms with E-state index in [4.69, 9.17) is 4.74 Å². The molecule has 3 rings (SSSR count). The molecule has 0 spiro atoms. The quantitative estimate of drug-likeness (QED) is 0.801. The minimum Gasteiger partial charge on any atom is -0.465 e. The van der Waals surface area contributed by atoms with Gasteiger partial charge in [-0.2, -0.15) is 0 Å². The Hall–Kier alpha value is -1.38. The van der Waals surface area contributed by atoms with Crippen LogP contribution in [0.4, 0.5) is 5.00 Å². The number of carbonyl (C=O) groups excluding carboxylic acids is 2. The molecule has 2 aromatic heterocycles. The molecule has 2 aromatic rings. The van der Waals surface area contributed by atoms with Gasteiger partial charge in [0, 0.05) is 18.1 Å². The number of rotatable bonds is 4. The van der Waals surface area contributed by atoms with Gasteiger partial charge in [-0.15, -0.1) is 22.7 Å². The highest BCUT2D eigenvalue weighted by Gasteiger charge is 2.36. The highest BCUT2D eigenvalue weighted by Crippen LogP contribution is 2.37. The average molecular weight is 340 g/mol. The average Bonchev–Trinajstić information content (AvgIpc) is 3.21. The van der Waals surface area contributed by atoms with Crippen molar-refractivity contribution in [3.8, 4) is 0 Å². The molecule has 1 aliphatic heterocycles. The third kappa shape index (κ3) is 2.83. The van der Waals surface area contributed by atoms with Crippen molar-refractivity contribution in [2.75, 3.05) is 18.6 Å². The van der Waals surface area contributed by atoms with Gasteiger partial charge in [-0.1, -0.05) is 11.8 Å². The van der Waals surface area contributed by atoms with Gasteiger partial charge in [-0.25, -0.2) is 9.78 Å². The number of nitrogens with zero attached hydrogens (tertiary/aromatic N) is 2. The van der Waals surface area contributed by atoms with Crippen molar-refractivity contribution in [1.82, 2.24) is 4.98 Å². The van der Waals surface area contributed by atoms with E-state index in [1.807, 2.05) is 5.38 Å². The Morgan fingerprint density at radius 1 is 1.48 bits per heavy atom. The Morgan fingerprint density at radius 2 is 2.33 bits per heavy atom. The van der Waals surface area contributed by atoms with Crippen LogP contribution in [0, 0.1) is 0 Å². The summed E-state index contributed by atoms with van der Waals surface area (Å²) in [5, 5.41) is 4.24. The Morgan fingerprint density at radius 3 is 3.05 bits per heavy atom. The number of hydrogen-bond donors (Lipinski definition) is 0. The maximum Gasteiger partial charge on any atom is 0.340 e. The van der Waals surface area contributed by atoms with Crippen molar-refractivity contribution in [3.63, 3.8) is 0 Å². The molecular weight excluding hydrogens is 328 g/mol. The molecule has 3 heterocycles. The highest BCUT2D eigenvalue weighted by molar-refractivity contribution is 8.02. The maximum atomic E-state index is 12.5. The van der Waals surface area contributed by atoms with Crippen molar-refractivity contribution in [2.24, 2.45) is 0 Å². The zero-order valence-electron chi connectivity index (χ0n) is 11.1. The first-order chi connectivity index (χ1) is 10.2. The van der Waals surface area contributed by atoms with Crippen molar-refractivity contribution in [1.29, 1.82) is 0 Å². The number of ether oxygens (including phenoxy) is 1. The van der Waals surface area contributed by atoms with E-state index in [2.05, 4.69) is 4.98 Å². The summed E-state index contributed by atoms with van der Waals surface area (Å²) in [6.07, 6.45) is 2.49. The first-order valence-electron chi connectivity index (χ1n) is 6.24. The zero-order valence-corrected chi connectivity index (χ0v) is 13.6. The summed E-state index contributed by atoms with van der Waals surface area (Å²) in [6.45, 7) is 0.617. The van der Waals surface area contributed by atoms with Crippen LogP contribution in [0.15, 0.2) is 27.4 Å². The molecule has 0 aliphatic carbocycles. The van der Waals surface area contributed by atoms with Gasteiger partial charge in [0.25, 0.3) is 0 Å². The van der Waals surface area contributed by atoms with Crippen LogP contribution in [0.2, 0.25) is 0 Å². The molecule has 0 radical (unpaired) electrons. The Kier molecular flexibility index (Phi) is 4.27. The Labute approximate surface area is 133 Å². The number of hydrogen-bond acceptors (Lipinski definition) is 7. The molecular formula is C13H12N2O3S3. The van der Waals surface area contributed by atoms with Crippen LogP contribution < -0.4 is 4.90 Å². The van der Waals surface area contributed by atoms with Crippen molar-refractivity contribution >= 4 is 51.3 Å². The zero-order chi connectivity index (χ0) is 14.8. The van der Waals surface area contributed by atoms with Crippen LogP contribution in [-0.4, -0.2) is 35.8 Å². The van der Waals surface area contributed by atoms with E-state index in [9.17, 15) is 9.59 Å². The minimum absolute atomic E-state index is 0.0304. The first-order valence-corrected chi connectivity index (χ1v) is 8.88. The summed E-state index contributed by atoms with van der Waals surface area (Å²) < 4.78 is 5.66. The van der Waals surface area contributed by atoms with Gasteiger partial charge >= 0.3 is 5.97 Å². The van der Waals surface area contributed by atoms with E-state index < -0.39 is 5.97 Å².